The molecule has 3 aromatic rings. The summed E-state index contributed by atoms with van der Waals surface area (Å²) in [4.78, 5) is 16.7. The lowest BCUT2D eigenvalue weighted by molar-refractivity contribution is 0.0592. The number of para-hydroxylation sites is 1. The Balaban J connectivity index is 1.29. The number of halogens is 1. The van der Waals surface area contributed by atoms with Gasteiger partial charge in [-0.05, 0) is 36.8 Å². The molecule has 0 atom stereocenters. The van der Waals surface area contributed by atoms with Crippen molar-refractivity contribution in [2.45, 2.75) is 20.1 Å². The second-order valence-corrected chi connectivity index (χ2v) is 7.48. The van der Waals surface area contributed by atoms with Gasteiger partial charge in [-0.3, -0.25) is 9.69 Å². The van der Waals surface area contributed by atoms with Crippen LogP contribution in [0, 0.1) is 12.7 Å². The number of furan rings is 1. The highest BCUT2D eigenvalue weighted by Gasteiger charge is 2.24. The predicted octanol–water partition coefficient (Wildman–Crippen LogP) is 4.26. The van der Waals surface area contributed by atoms with Gasteiger partial charge in [-0.15, -0.1) is 0 Å². The molecule has 0 unspecified atom stereocenters. The van der Waals surface area contributed by atoms with E-state index in [1.807, 2.05) is 37.3 Å². The lowest BCUT2D eigenvalue weighted by atomic mass is 10.2. The summed E-state index contributed by atoms with van der Waals surface area (Å²) < 4.78 is 25.4. The van der Waals surface area contributed by atoms with Gasteiger partial charge in [0.05, 0.1) is 0 Å². The third kappa shape index (κ3) is 4.71. The molecule has 0 aliphatic carbocycles. The smallest absolute Gasteiger partial charge is 0.289 e. The molecule has 0 N–H and O–H groups in total. The molecule has 1 amide bonds. The van der Waals surface area contributed by atoms with Crippen LogP contribution in [0.4, 0.5) is 4.39 Å². The molecule has 156 valence electrons. The van der Waals surface area contributed by atoms with Crippen LogP contribution in [0.15, 0.2) is 65.1 Å². The molecular formula is C24H25FN2O3. The number of ether oxygens (including phenoxy) is 1. The largest absolute Gasteiger partial charge is 0.485 e. The fraction of sp³-hybridized carbons (Fsp3) is 0.292. The average Bonchev–Trinajstić information content (AvgIpc) is 3.24. The highest BCUT2D eigenvalue weighted by Crippen LogP contribution is 2.20. The lowest BCUT2D eigenvalue weighted by Gasteiger charge is -2.34. The summed E-state index contributed by atoms with van der Waals surface area (Å²) in [5.41, 5.74) is 1.73. The second-order valence-electron chi connectivity index (χ2n) is 7.48. The van der Waals surface area contributed by atoms with Gasteiger partial charge in [0, 0.05) is 38.3 Å². The summed E-state index contributed by atoms with van der Waals surface area (Å²) in [6.07, 6.45) is 0. The normalized spacial score (nSPS) is 14.7. The average molecular weight is 408 g/mol. The van der Waals surface area contributed by atoms with E-state index < -0.39 is 0 Å². The molecule has 1 fully saturated rings. The van der Waals surface area contributed by atoms with Gasteiger partial charge in [0.1, 0.15) is 23.9 Å². The predicted molar refractivity (Wildman–Crippen MR) is 112 cm³/mol. The molecule has 2 aromatic carbocycles. The fourth-order valence-corrected chi connectivity index (χ4v) is 3.57. The molecule has 0 saturated carbocycles. The van der Waals surface area contributed by atoms with Crippen molar-refractivity contribution in [3.8, 4) is 5.75 Å². The molecular weight excluding hydrogens is 383 g/mol. The lowest BCUT2D eigenvalue weighted by Crippen LogP contribution is -2.48. The Morgan fingerprint density at radius 2 is 1.73 bits per heavy atom. The Morgan fingerprint density at radius 1 is 1.00 bits per heavy atom. The first-order chi connectivity index (χ1) is 14.6. The Hall–Kier alpha value is -3.12. The molecule has 30 heavy (non-hydrogen) atoms. The number of hydrogen-bond donors (Lipinski definition) is 0. The van der Waals surface area contributed by atoms with Crippen molar-refractivity contribution < 1.29 is 18.3 Å². The number of aryl methyl sites for hydroxylation is 1. The molecule has 6 heteroatoms. The molecule has 2 heterocycles. The van der Waals surface area contributed by atoms with Crippen LogP contribution in [-0.4, -0.2) is 41.9 Å². The zero-order chi connectivity index (χ0) is 20.9. The van der Waals surface area contributed by atoms with E-state index in [1.54, 1.807) is 29.2 Å². The van der Waals surface area contributed by atoms with Crippen LogP contribution in [-0.2, 0) is 13.2 Å². The number of piperazine rings is 1. The Labute approximate surface area is 175 Å². The van der Waals surface area contributed by atoms with E-state index in [4.69, 9.17) is 9.15 Å². The topological polar surface area (TPSA) is 45.9 Å². The van der Waals surface area contributed by atoms with Crippen molar-refractivity contribution in [1.29, 1.82) is 0 Å². The maximum Gasteiger partial charge on any atom is 0.289 e. The second kappa shape index (κ2) is 9.13. The van der Waals surface area contributed by atoms with E-state index >= 15 is 0 Å². The quantitative estimate of drug-likeness (QED) is 0.611. The first kappa shape index (κ1) is 20.2. The standard InChI is InChI=1S/C24H25FN2O3/c1-18-6-2-5-9-22(18)29-17-20-10-11-23(30-20)24(28)27-14-12-26(13-15-27)16-19-7-3-4-8-21(19)25/h2-11H,12-17H2,1H3. The number of carbonyl (C=O) groups excluding carboxylic acids is 1. The van der Waals surface area contributed by atoms with E-state index in [0.29, 0.717) is 49.8 Å². The minimum Gasteiger partial charge on any atom is -0.485 e. The van der Waals surface area contributed by atoms with Crippen LogP contribution in [0.1, 0.15) is 27.4 Å². The minimum absolute atomic E-state index is 0.123. The number of amides is 1. The van der Waals surface area contributed by atoms with E-state index in [1.165, 1.54) is 6.07 Å². The van der Waals surface area contributed by atoms with Gasteiger partial charge >= 0.3 is 0 Å². The fourth-order valence-electron chi connectivity index (χ4n) is 3.57. The first-order valence-electron chi connectivity index (χ1n) is 10.1. The summed E-state index contributed by atoms with van der Waals surface area (Å²) in [6, 6.07) is 18.1. The summed E-state index contributed by atoms with van der Waals surface area (Å²) >= 11 is 0. The van der Waals surface area contributed by atoms with E-state index in [-0.39, 0.29) is 18.3 Å². The summed E-state index contributed by atoms with van der Waals surface area (Å²) in [7, 11) is 0. The minimum atomic E-state index is -0.188. The van der Waals surface area contributed by atoms with Crippen molar-refractivity contribution in [3.05, 3.63) is 89.1 Å². The number of carbonyl (C=O) groups is 1. The van der Waals surface area contributed by atoms with E-state index in [2.05, 4.69) is 4.90 Å². The molecule has 1 aromatic heterocycles. The zero-order valence-corrected chi connectivity index (χ0v) is 17.0. The molecule has 5 nitrogen and oxygen atoms in total. The Morgan fingerprint density at radius 3 is 2.50 bits per heavy atom. The molecule has 0 radical (unpaired) electrons. The molecule has 1 aliphatic rings. The molecule has 0 spiro atoms. The molecule has 1 aliphatic heterocycles. The van der Waals surface area contributed by atoms with Crippen molar-refractivity contribution in [1.82, 2.24) is 9.80 Å². The monoisotopic (exact) mass is 408 g/mol. The zero-order valence-electron chi connectivity index (χ0n) is 17.0. The molecule has 4 rings (SSSR count). The maximum absolute atomic E-state index is 13.9. The summed E-state index contributed by atoms with van der Waals surface area (Å²) in [6.45, 7) is 5.38. The van der Waals surface area contributed by atoms with Crippen molar-refractivity contribution in [3.63, 3.8) is 0 Å². The van der Waals surface area contributed by atoms with E-state index in [0.717, 1.165) is 11.3 Å². The van der Waals surface area contributed by atoms with Crippen LogP contribution < -0.4 is 4.74 Å². The highest BCUT2D eigenvalue weighted by molar-refractivity contribution is 5.91. The van der Waals surface area contributed by atoms with Gasteiger partial charge in [-0.2, -0.15) is 0 Å². The Kier molecular flexibility index (Phi) is 6.14. The van der Waals surface area contributed by atoms with E-state index in [9.17, 15) is 9.18 Å². The number of hydrogen-bond acceptors (Lipinski definition) is 4. The third-order valence-corrected chi connectivity index (χ3v) is 5.35. The third-order valence-electron chi connectivity index (χ3n) is 5.35. The van der Waals surface area contributed by atoms with Crippen molar-refractivity contribution >= 4 is 5.91 Å². The van der Waals surface area contributed by atoms with Crippen molar-refractivity contribution in [2.75, 3.05) is 26.2 Å². The van der Waals surface area contributed by atoms with Crippen LogP contribution >= 0.6 is 0 Å². The number of nitrogens with zero attached hydrogens (tertiary/aromatic N) is 2. The first-order valence-corrected chi connectivity index (χ1v) is 10.1. The molecule has 1 saturated heterocycles. The van der Waals surface area contributed by atoms with Crippen LogP contribution in [0.3, 0.4) is 0 Å². The summed E-state index contributed by atoms with van der Waals surface area (Å²) in [5, 5.41) is 0. The van der Waals surface area contributed by atoms with Gasteiger partial charge in [0.2, 0.25) is 0 Å². The van der Waals surface area contributed by atoms with Gasteiger partial charge < -0.3 is 14.1 Å². The van der Waals surface area contributed by atoms with Gasteiger partial charge in [-0.25, -0.2) is 4.39 Å². The summed E-state index contributed by atoms with van der Waals surface area (Å²) in [5.74, 6) is 1.42. The van der Waals surface area contributed by atoms with Crippen LogP contribution in [0.5, 0.6) is 5.75 Å². The van der Waals surface area contributed by atoms with Gasteiger partial charge in [0.15, 0.2) is 5.76 Å². The van der Waals surface area contributed by atoms with Crippen LogP contribution in [0.25, 0.3) is 0 Å². The SMILES string of the molecule is Cc1ccccc1OCc1ccc(C(=O)N2CCN(Cc3ccccc3F)CC2)o1. The van der Waals surface area contributed by atoms with Gasteiger partial charge in [0.25, 0.3) is 5.91 Å². The highest BCUT2D eigenvalue weighted by atomic mass is 19.1. The molecule has 0 bridgehead atoms. The number of rotatable bonds is 6. The van der Waals surface area contributed by atoms with Crippen LogP contribution in [0.2, 0.25) is 0 Å². The maximum atomic E-state index is 13.9. The van der Waals surface area contributed by atoms with Gasteiger partial charge in [-0.1, -0.05) is 36.4 Å². The Bertz CT molecular complexity index is 1010. The number of benzene rings is 2. The van der Waals surface area contributed by atoms with Crippen molar-refractivity contribution in [2.24, 2.45) is 0 Å².